The smallest absolute Gasteiger partial charge is 0.407 e. The third kappa shape index (κ3) is 4.77. The molecule has 0 heterocycles. The van der Waals surface area contributed by atoms with Crippen LogP contribution in [0.15, 0.2) is 48.5 Å². The number of carbonyl (C=O) groups excluding carboxylic acids is 2. The monoisotopic (exact) mass is 476 g/mol. The first-order chi connectivity index (χ1) is 17.0. The maximum atomic E-state index is 12.9. The Labute approximate surface area is 205 Å². The number of carboxylic acids is 1. The number of nitrogens with one attached hydrogen (secondary N) is 2. The van der Waals surface area contributed by atoms with E-state index < -0.39 is 12.1 Å². The molecule has 7 heteroatoms. The Morgan fingerprint density at radius 1 is 0.943 bits per heavy atom. The van der Waals surface area contributed by atoms with Crippen molar-refractivity contribution in [3.8, 4) is 11.1 Å². The average Bonchev–Trinajstić information content (AvgIpc) is 3.41. The number of alkyl carbamates (subject to hydrolysis) is 1. The average molecular weight is 477 g/mol. The maximum Gasteiger partial charge on any atom is 0.407 e. The zero-order valence-corrected chi connectivity index (χ0v) is 19.8. The molecule has 0 spiro atoms. The van der Waals surface area contributed by atoms with Crippen LogP contribution in [-0.4, -0.2) is 42.3 Å². The van der Waals surface area contributed by atoms with Crippen molar-refractivity contribution in [1.29, 1.82) is 0 Å². The minimum atomic E-state index is -0.824. The van der Waals surface area contributed by atoms with E-state index in [1.165, 1.54) is 11.1 Å². The van der Waals surface area contributed by atoms with Gasteiger partial charge in [0.2, 0.25) is 5.91 Å². The normalized spacial score (nSPS) is 21.9. The molecular weight excluding hydrogens is 444 g/mol. The molecular formula is C28H32N2O5. The molecule has 3 N–H and O–H groups in total. The highest BCUT2D eigenvalue weighted by Gasteiger charge is 2.41. The van der Waals surface area contributed by atoms with E-state index in [-0.39, 0.29) is 42.2 Å². The van der Waals surface area contributed by atoms with Gasteiger partial charge in [-0.3, -0.25) is 9.59 Å². The molecule has 7 nitrogen and oxygen atoms in total. The van der Waals surface area contributed by atoms with Crippen LogP contribution >= 0.6 is 0 Å². The SMILES string of the molecule is O=C(O)CC1(CNC(=O)[C@H]2CCC[C@H]2NC(=O)OCC2c3ccccc3-c3ccccc32)CCC1. The standard InChI is InChI=1S/C28H32N2O5/c31-25(32)15-28(13-6-14-28)17-29-26(33)22-11-5-12-24(22)30-27(34)35-16-23-20-9-3-1-7-18(20)19-8-2-4-10-21(19)23/h1-4,7-10,22-24H,5-6,11-17H2,(H,29,33)(H,30,34)(H,31,32)/t22-,24+/m0/s1. The molecule has 0 bridgehead atoms. The van der Waals surface area contributed by atoms with Crippen molar-refractivity contribution < 1.29 is 24.2 Å². The van der Waals surface area contributed by atoms with E-state index in [0.717, 1.165) is 43.2 Å². The molecule has 0 radical (unpaired) electrons. The van der Waals surface area contributed by atoms with Gasteiger partial charge in [0, 0.05) is 18.5 Å². The first-order valence-corrected chi connectivity index (χ1v) is 12.6. The van der Waals surface area contributed by atoms with Crippen molar-refractivity contribution in [3.05, 3.63) is 59.7 Å². The number of hydrogen-bond acceptors (Lipinski definition) is 4. The van der Waals surface area contributed by atoms with Crippen molar-refractivity contribution in [2.24, 2.45) is 11.3 Å². The Morgan fingerprint density at radius 3 is 2.20 bits per heavy atom. The van der Waals surface area contributed by atoms with Crippen LogP contribution in [0.2, 0.25) is 0 Å². The molecule has 2 amide bonds. The molecule has 2 fully saturated rings. The van der Waals surface area contributed by atoms with Crippen LogP contribution in [0.5, 0.6) is 0 Å². The van der Waals surface area contributed by atoms with Gasteiger partial charge >= 0.3 is 12.1 Å². The lowest BCUT2D eigenvalue weighted by molar-refractivity contribution is -0.142. The largest absolute Gasteiger partial charge is 0.481 e. The van der Waals surface area contributed by atoms with E-state index >= 15 is 0 Å². The predicted molar refractivity (Wildman–Crippen MR) is 131 cm³/mol. The molecule has 3 aliphatic carbocycles. The first-order valence-electron chi connectivity index (χ1n) is 12.6. The number of carboxylic acid groups (broad SMARTS) is 1. The van der Waals surface area contributed by atoms with Gasteiger partial charge < -0.3 is 20.5 Å². The molecule has 0 saturated heterocycles. The second-order valence-electron chi connectivity index (χ2n) is 10.3. The fourth-order valence-electron chi connectivity index (χ4n) is 6.06. The first kappa shape index (κ1) is 23.4. The molecule has 2 aromatic carbocycles. The summed E-state index contributed by atoms with van der Waals surface area (Å²) in [5.41, 5.74) is 4.35. The van der Waals surface area contributed by atoms with Gasteiger partial charge in [-0.1, -0.05) is 61.4 Å². The number of hydrogen-bond donors (Lipinski definition) is 3. The molecule has 2 atom stereocenters. The van der Waals surface area contributed by atoms with Gasteiger partial charge in [0.05, 0.1) is 12.3 Å². The van der Waals surface area contributed by atoms with E-state index in [1.54, 1.807) is 0 Å². The van der Waals surface area contributed by atoms with E-state index in [2.05, 4.69) is 34.9 Å². The quantitative estimate of drug-likeness (QED) is 0.522. The van der Waals surface area contributed by atoms with Gasteiger partial charge in [-0.25, -0.2) is 4.79 Å². The van der Waals surface area contributed by atoms with Crippen LogP contribution < -0.4 is 10.6 Å². The van der Waals surface area contributed by atoms with Gasteiger partial charge in [-0.2, -0.15) is 0 Å². The highest BCUT2D eigenvalue weighted by atomic mass is 16.5. The summed E-state index contributed by atoms with van der Waals surface area (Å²) in [7, 11) is 0. The molecule has 0 aromatic heterocycles. The third-order valence-corrected chi connectivity index (χ3v) is 8.08. The van der Waals surface area contributed by atoms with Gasteiger partial charge in [-0.15, -0.1) is 0 Å². The highest BCUT2D eigenvalue weighted by molar-refractivity contribution is 5.81. The van der Waals surface area contributed by atoms with Crippen molar-refractivity contribution >= 4 is 18.0 Å². The Balaban J connectivity index is 1.16. The van der Waals surface area contributed by atoms with Gasteiger partial charge in [0.15, 0.2) is 0 Å². The highest BCUT2D eigenvalue weighted by Crippen LogP contribution is 2.45. The van der Waals surface area contributed by atoms with E-state index in [4.69, 9.17) is 4.74 Å². The number of aliphatic carboxylic acids is 1. The van der Waals surface area contributed by atoms with Crippen LogP contribution in [0.25, 0.3) is 11.1 Å². The Morgan fingerprint density at radius 2 is 1.60 bits per heavy atom. The summed E-state index contributed by atoms with van der Waals surface area (Å²) in [6.07, 6.45) is 4.51. The zero-order valence-electron chi connectivity index (χ0n) is 19.8. The van der Waals surface area contributed by atoms with E-state index in [1.807, 2.05) is 24.3 Å². The fourth-order valence-corrected chi connectivity index (χ4v) is 6.06. The third-order valence-electron chi connectivity index (χ3n) is 8.08. The number of fused-ring (bicyclic) bond motifs is 3. The second kappa shape index (κ2) is 9.72. The van der Waals surface area contributed by atoms with Gasteiger partial charge in [-0.05, 0) is 53.4 Å². The predicted octanol–water partition coefficient (Wildman–Crippen LogP) is 4.46. The molecule has 3 aliphatic rings. The Hall–Kier alpha value is -3.35. The minimum absolute atomic E-state index is 0.0104. The summed E-state index contributed by atoms with van der Waals surface area (Å²) < 4.78 is 5.67. The van der Waals surface area contributed by atoms with Crippen molar-refractivity contribution in [2.45, 2.75) is 56.9 Å². The maximum absolute atomic E-state index is 12.9. The van der Waals surface area contributed by atoms with Gasteiger partial charge in [0.25, 0.3) is 0 Å². The Kier molecular flexibility index (Phi) is 6.50. The fraction of sp³-hybridized carbons (Fsp3) is 0.464. The lowest BCUT2D eigenvalue weighted by Gasteiger charge is -2.41. The molecule has 5 rings (SSSR count). The summed E-state index contributed by atoms with van der Waals surface area (Å²) in [6, 6.07) is 16.1. The number of benzene rings is 2. The Bertz CT molecular complexity index is 1080. The summed E-state index contributed by atoms with van der Waals surface area (Å²) in [6.45, 7) is 0.619. The van der Waals surface area contributed by atoms with Crippen molar-refractivity contribution in [2.75, 3.05) is 13.2 Å². The number of amides is 2. The van der Waals surface area contributed by atoms with E-state index in [0.29, 0.717) is 13.0 Å². The lowest BCUT2D eigenvalue weighted by Crippen LogP contribution is -2.48. The zero-order chi connectivity index (χ0) is 24.4. The summed E-state index contributed by atoms with van der Waals surface area (Å²) in [5, 5.41) is 15.1. The minimum Gasteiger partial charge on any atom is -0.481 e. The lowest BCUT2D eigenvalue weighted by atomic mass is 9.66. The van der Waals surface area contributed by atoms with Crippen LogP contribution in [0.4, 0.5) is 4.79 Å². The van der Waals surface area contributed by atoms with Gasteiger partial charge in [0.1, 0.15) is 6.61 Å². The number of carbonyl (C=O) groups is 3. The summed E-state index contributed by atoms with van der Waals surface area (Å²) in [5.74, 6) is -1.26. The molecule has 0 unspecified atom stereocenters. The summed E-state index contributed by atoms with van der Waals surface area (Å²) in [4.78, 5) is 36.8. The molecule has 0 aliphatic heterocycles. The number of ether oxygens (including phenoxy) is 1. The molecule has 2 saturated carbocycles. The molecule has 35 heavy (non-hydrogen) atoms. The molecule has 2 aromatic rings. The van der Waals surface area contributed by atoms with Crippen LogP contribution in [-0.2, 0) is 14.3 Å². The topological polar surface area (TPSA) is 105 Å². The summed E-state index contributed by atoms with van der Waals surface area (Å²) >= 11 is 0. The van der Waals surface area contributed by atoms with E-state index in [9.17, 15) is 19.5 Å². The van der Waals surface area contributed by atoms with Crippen molar-refractivity contribution in [1.82, 2.24) is 10.6 Å². The van der Waals surface area contributed by atoms with Crippen LogP contribution in [0.3, 0.4) is 0 Å². The molecule has 184 valence electrons. The van der Waals surface area contributed by atoms with Crippen LogP contribution in [0, 0.1) is 11.3 Å². The second-order valence-corrected chi connectivity index (χ2v) is 10.3. The van der Waals surface area contributed by atoms with Crippen molar-refractivity contribution in [3.63, 3.8) is 0 Å². The van der Waals surface area contributed by atoms with Crippen LogP contribution in [0.1, 0.15) is 62.0 Å². The number of rotatable bonds is 8.